The van der Waals surface area contributed by atoms with Crippen LogP contribution in [0.1, 0.15) is 17.3 Å². The van der Waals surface area contributed by atoms with Crippen LogP contribution >= 0.6 is 0 Å². The third-order valence-corrected chi connectivity index (χ3v) is 3.95. The fourth-order valence-electron chi connectivity index (χ4n) is 1.33. The van der Waals surface area contributed by atoms with Crippen molar-refractivity contribution >= 4 is 28.5 Å². The smallest absolute Gasteiger partial charge is 0.338 e. The normalized spacial score (nSPS) is 13.3. The maximum atomic E-state index is 13.5. The van der Waals surface area contributed by atoms with Crippen LogP contribution in [-0.2, 0) is 10.8 Å². The standard InChI is InChI=1S/C12H14F2N2O4S/c1-6(21(2)20)5-15-12(19)16-10-3-7(11(17)18)8(13)4-9(10)14/h3-4,6H,5H2,1-2H3,(H,17,18)(H2,15,16,19). The van der Waals surface area contributed by atoms with Crippen molar-refractivity contribution in [1.29, 1.82) is 0 Å². The molecule has 2 amide bonds. The number of urea groups is 1. The van der Waals surface area contributed by atoms with Gasteiger partial charge in [-0.1, -0.05) is 0 Å². The molecule has 0 fully saturated rings. The van der Waals surface area contributed by atoms with E-state index in [-0.39, 0.29) is 11.8 Å². The number of hydrogen-bond donors (Lipinski definition) is 3. The van der Waals surface area contributed by atoms with E-state index in [0.717, 1.165) is 0 Å². The number of carboxylic acids is 1. The molecule has 1 aromatic carbocycles. The molecule has 0 spiro atoms. The van der Waals surface area contributed by atoms with Crippen molar-refractivity contribution in [3.05, 3.63) is 29.3 Å². The zero-order chi connectivity index (χ0) is 16.2. The Morgan fingerprint density at radius 3 is 2.48 bits per heavy atom. The number of rotatable bonds is 5. The molecule has 0 aromatic heterocycles. The molecule has 6 nitrogen and oxygen atoms in total. The minimum Gasteiger partial charge on any atom is -0.478 e. The summed E-state index contributed by atoms with van der Waals surface area (Å²) >= 11 is 0. The molecule has 0 aliphatic carbocycles. The van der Waals surface area contributed by atoms with E-state index in [0.29, 0.717) is 12.1 Å². The van der Waals surface area contributed by atoms with Crippen molar-refractivity contribution in [3.63, 3.8) is 0 Å². The predicted octanol–water partition coefficient (Wildman–Crippen LogP) is 1.55. The van der Waals surface area contributed by atoms with Crippen LogP contribution < -0.4 is 10.6 Å². The van der Waals surface area contributed by atoms with Gasteiger partial charge >= 0.3 is 12.0 Å². The van der Waals surface area contributed by atoms with Crippen LogP contribution in [0.3, 0.4) is 0 Å². The van der Waals surface area contributed by atoms with Gasteiger partial charge in [0.1, 0.15) is 11.6 Å². The highest BCUT2D eigenvalue weighted by molar-refractivity contribution is 7.84. The minimum atomic E-state index is -1.58. The van der Waals surface area contributed by atoms with Crippen molar-refractivity contribution in [2.75, 3.05) is 18.1 Å². The Bertz CT molecular complexity index is 595. The molecule has 2 unspecified atom stereocenters. The van der Waals surface area contributed by atoms with Gasteiger partial charge in [0.15, 0.2) is 0 Å². The topological polar surface area (TPSA) is 95.5 Å². The molecule has 2 atom stereocenters. The van der Waals surface area contributed by atoms with Gasteiger partial charge < -0.3 is 15.7 Å². The lowest BCUT2D eigenvalue weighted by atomic mass is 10.2. The number of amides is 2. The Hall–Kier alpha value is -2.03. The van der Waals surface area contributed by atoms with E-state index in [1.165, 1.54) is 6.26 Å². The second-order valence-electron chi connectivity index (χ2n) is 4.26. The summed E-state index contributed by atoms with van der Waals surface area (Å²) in [5.74, 6) is -3.91. The SMILES string of the molecule is CC(CNC(=O)Nc1cc(C(=O)O)c(F)cc1F)S(C)=O. The van der Waals surface area contributed by atoms with Crippen molar-refractivity contribution in [1.82, 2.24) is 5.32 Å². The van der Waals surface area contributed by atoms with E-state index in [9.17, 15) is 22.6 Å². The molecular formula is C12H14F2N2O4S. The highest BCUT2D eigenvalue weighted by Crippen LogP contribution is 2.19. The third kappa shape index (κ3) is 4.78. The zero-order valence-electron chi connectivity index (χ0n) is 11.3. The van der Waals surface area contributed by atoms with Crippen LogP contribution in [0.4, 0.5) is 19.3 Å². The van der Waals surface area contributed by atoms with Gasteiger partial charge in [-0.2, -0.15) is 0 Å². The molecule has 0 bridgehead atoms. The molecule has 3 N–H and O–H groups in total. The first-order valence-corrected chi connectivity index (χ1v) is 7.44. The number of benzene rings is 1. The second kappa shape index (κ2) is 7.11. The lowest BCUT2D eigenvalue weighted by Crippen LogP contribution is -2.35. The summed E-state index contributed by atoms with van der Waals surface area (Å²) in [6.45, 7) is 1.74. The van der Waals surface area contributed by atoms with E-state index in [1.807, 2.05) is 0 Å². The number of hydrogen-bond acceptors (Lipinski definition) is 3. The third-order valence-electron chi connectivity index (χ3n) is 2.65. The van der Waals surface area contributed by atoms with Gasteiger partial charge in [0.2, 0.25) is 0 Å². The average Bonchev–Trinajstić information content (AvgIpc) is 2.38. The number of aromatic carboxylic acids is 1. The summed E-state index contributed by atoms with van der Waals surface area (Å²) in [6, 6.07) is 0.255. The number of carbonyl (C=O) groups excluding carboxylic acids is 1. The molecule has 0 saturated heterocycles. The lowest BCUT2D eigenvalue weighted by molar-refractivity contribution is 0.0691. The predicted molar refractivity (Wildman–Crippen MR) is 73.9 cm³/mol. The van der Waals surface area contributed by atoms with Gasteiger partial charge in [0.25, 0.3) is 0 Å². The van der Waals surface area contributed by atoms with Crippen LogP contribution in [0.25, 0.3) is 0 Å². The van der Waals surface area contributed by atoms with Crippen molar-refractivity contribution < 1.29 is 27.7 Å². The van der Waals surface area contributed by atoms with Crippen molar-refractivity contribution in [2.24, 2.45) is 0 Å². The van der Waals surface area contributed by atoms with Gasteiger partial charge in [-0.3, -0.25) is 4.21 Å². The molecule has 0 aliphatic rings. The highest BCUT2D eigenvalue weighted by atomic mass is 32.2. The van der Waals surface area contributed by atoms with Gasteiger partial charge in [-0.25, -0.2) is 18.4 Å². The first-order valence-electron chi connectivity index (χ1n) is 5.81. The maximum Gasteiger partial charge on any atom is 0.338 e. The quantitative estimate of drug-likeness (QED) is 0.767. The van der Waals surface area contributed by atoms with Crippen molar-refractivity contribution in [3.8, 4) is 0 Å². The summed E-state index contributed by atoms with van der Waals surface area (Å²) in [7, 11) is -1.13. The summed E-state index contributed by atoms with van der Waals surface area (Å²) in [6.07, 6.45) is 1.48. The van der Waals surface area contributed by atoms with Crippen LogP contribution in [0, 0.1) is 11.6 Å². The minimum absolute atomic E-state index is 0.0869. The summed E-state index contributed by atoms with van der Waals surface area (Å²) in [4.78, 5) is 22.3. The van der Waals surface area contributed by atoms with Gasteiger partial charge in [0, 0.05) is 34.9 Å². The zero-order valence-corrected chi connectivity index (χ0v) is 12.1. The Kier molecular flexibility index (Phi) is 5.77. The summed E-state index contributed by atoms with van der Waals surface area (Å²) < 4.78 is 37.7. The largest absolute Gasteiger partial charge is 0.478 e. The maximum absolute atomic E-state index is 13.5. The number of halogens is 2. The molecule has 116 valence electrons. The van der Waals surface area contributed by atoms with E-state index in [2.05, 4.69) is 10.6 Å². The van der Waals surface area contributed by atoms with E-state index in [4.69, 9.17) is 5.11 Å². The molecule has 21 heavy (non-hydrogen) atoms. The number of anilines is 1. The molecule has 1 rings (SSSR count). The first kappa shape index (κ1) is 17.0. The molecule has 0 heterocycles. The van der Waals surface area contributed by atoms with Crippen LogP contribution in [0.5, 0.6) is 0 Å². The Morgan fingerprint density at radius 2 is 1.95 bits per heavy atom. The summed E-state index contributed by atoms with van der Waals surface area (Å²) in [5, 5.41) is 12.9. The van der Waals surface area contributed by atoms with Gasteiger partial charge in [-0.15, -0.1) is 0 Å². The van der Waals surface area contributed by atoms with Crippen LogP contribution in [-0.4, -0.2) is 39.4 Å². The van der Waals surface area contributed by atoms with E-state index in [1.54, 1.807) is 6.92 Å². The number of carboxylic acid groups (broad SMARTS) is 1. The van der Waals surface area contributed by atoms with Crippen LogP contribution in [0.15, 0.2) is 12.1 Å². The summed E-state index contributed by atoms with van der Waals surface area (Å²) in [5.41, 5.74) is -1.22. The molecule has 0 aliphatic heterocycles. The monoisotopic (exact) mass is 320 g/mol. The molecule has 0 radical (unpaired) electrons. The van der Waals surface area contributed by atoms with Gasteiger partial charge in [0.05, 0.1) is 11.3 Å². The highest BCUT2D eigenvalue weighted by Gasteiger charge is 2.17. The van der Waals surface area contributed by atoms with E-state index >= 15 is 0 Å². The van der Waals surface area contributed by atoms with Gasteiger partial charge in [-0.05, 0) is 13.0 Å². The molecule has 1 aromatic rings. The van der Waals surface area contributed by atoms with Crippen LogP contribution in [0.2, 0.25) is 0 Å². The Labute approximate surface area is 122 Å². The number of nitrogens with one attached hydrogen (secondary N) is 2. The lowest BCUT2D eigenvalue weighted by Gasteiger charge is -2.12. The average molecular weight is 320 g/mol. The first-order chi connectivity index (χ1) is 9.72. The Morgan fingerprint density at radius 1 is 1.33 bits per heavy atom. The van der Waals surface area contributed by atoms with Crippen molar-refractivity contribution in [2.45, 2.75) is 12.2 Å². The molecule has 9 heteroatoms. The Balaban J connectivity index is 2.78. The molecule has 0 saturated carbocycles. The fourth-order valence-corrected chi connectivity index (χ4v) is 1.65. The molecular weight excluding hydrogens is 306 g/mol. The second-order valence-corrected chi connectivity index (χ2v) is 6.06. The fraction of sp³-hybridized carbons (Fsp3) is 0.333. The number of carbonyl (C=O) groups is 2. The van der Waals surface area contributed by atoms with E-state index < -0.39 is 45.7 Å².